The largest absolute Gasteiger partial charge is 0.356 e. The maximum atomic E-state index is 12.2. The number of pyridine rings is 1. The van der Waals surface area contributed by atoms with Crippen LogP contribution in [-0.4, -0.2) is 40.0 Å². The molecule has 1 aliphatic rings. The normalized spacial score (nSPS) is 15.4. The minimum absolute atomic E-state index is 0.0492. The fraction of sp³-hybridized carbons (Fsp3) is 0.412. The van der Waals surface area contributed by atoms with Crippen molar-refractivity contribution < 1.29 is 4.79 Å². The minimum Gasteiger partial charge on any atom is -0.356 e. The number of hydrogen-bond donors (Lipinski definition) is 1. The van der Waals surface area contributed by atoms with Gasteiger partial charge in [0.25, 0.3) is 5.91 Å². The van der Waals surface area contributed by atoms with E-state index >= 15 is 0 Å². The van der Waals surface area contributed by atoms with Crippen LogP contribution in [0.5, 0.6) is 0 Å². The third-order valence-electron chi connectivity index (χ3n) is 4.15. The Morgan fingerprint density at radius 2 is 2.17 bits per heavy atom. The second-order valence-corrected chi connectivity index (χ2v) is 5.70. The van der Waals surface area contributed by atoms with Gasteiger partial charge in [-0.2, -0.15) is 0 Å². The van der Waals surface area contributed by atoms with Crippen LogP contribution in [0, 0.1) is 0 Å². The Bertz CT molecular complexity index is 653. The number of nitrogens with zero attached hydrogens (tertiary/aromatic N) is 4. The molecule has 0 radical (unpaired) electrons. The third-order valence-corrected chi connectivity index (χ3v) is 4.15. The minimum atomic E-state index is -0.0492. The van der Waals surface area contributed by atoms with Crippen molar-refractivity contribution in [2.75, 3.05) is 18.0 Å². The molecule has 1 amide bonds. The van der Waals surface area contributed by atoms with E-state index in [2.05, 4.69) is 38.2 Å². The molecule has 1 fully saturated rings. The first kappa shape index (κ1) is 15.4. The molecule has 0 bridgehead atoms. The highest BCUT2D eigenvalue weighted by molar-refractivity contribution is 5.94. The number of piperidine rings is 1. The summed E-state index contributed by atoms with van der Waals surface area (Å²) in [4.78, 5) is 27.0. The van der Waals surface area contributed by atoms with Gasteiger partial charge in [-0.15, -0.1) is 0 Å². The Labute approximate surface area is 136 Å². The van der Waals surface area contributed by atoms with E-state index in [1.54, 1.807) is 30.9 Å². The summed E-state index contributed by atoms with van der Waals surface area (Å²) in [6.45, 7) is 3.86. The number of carbonyl (C=O) groups excluding carboxylic acids is 1. The number of carbonyl (C=O) groups is 1. The molecule has 6 heteroatoms. The van der Waals surface area contributed by atoms with E-state index in [9.17, 15) is 4.79 Å². The van der Waals surface area contributed by atoms with Crippen LogP contribution in [0.4, 0.5) is 5.82 Å². The van der Waals surface area contributed by atoms with Gasteiger partial charge >= 0.3 is 0 Å². The van der Waals surface area contributed by atoms with Crippen LogP contribution in [0.25, 0.3) is 0 Å². The van der Waals surface area contributed by atoms with Crippen molar-refractivity contribution >= 4 is 11.7 Å². The van der Waals surface area contributed by atoms with Crippen molar-refractivity contribution in [3.05, 3.63) is 48.2 Å². The first-order valence-electron chi connectivity index (χ1n) is 8.03. The Morgan fingerprint density at radius 3 is 2.87 bits per heavy atom. The number of anilines is 1. The molecule has 2 aromatic rings. The zero-order valence-corrected chi connectivity index (χ0v) is 13.3. The summed E-state index contributed by atoms with van der Waals surface area (Å²) in [6.07, 6.45) is 7.63. The topological polar surface area (TPSA) is 71.0 Å². The highest BCUT2D eigenvalue weighted by Crippen LogP contribution is 2.18. The van der Waals surface area contributed by atoms with E-state index in [4.69, 9.17) is 0 Å². The number of amides is 1. The predicted molar refractivity (Wildman–Crippen MR) is 88.3 cm³/mol. The highest BCUT2D eigenvalue weighted by Gasteiger charge is 2.22. The zero-order valence-electron chi connectivity index (χ0n) is 13.3. The zero-order chi connectivity index (χ0) is 16.1. The lowest BCUT2D eigenvalue weighted by atomic mass is 10.0. The maximum absolute atomic E-state index is 12.2. The molecule has 0 aromatic carbocycles. The smallest absolute Gasteiger partial charge is 0.253 e. The van der Waals surface area contributed by atoms with E-state index < -0.39 is 0 Å². The predicted octanol–water partition coefficient (Wildman–Crippen LogP) is 1.83. The van der Waals surface area contributed by atoms with Gasteiger partial charge in [0.05, 0.1) is 5.56 Å². The van der Waals surface area contributed by atoms with Gasteiger partial charge in [-0.1, -0.05) is 6.92 Å². The molecular weight excluding hydrogens is 290 g/mol. The van der Waals surface area contributed by atoms with Crippen molar-refractivity contribution in [1.29, 1.82) is 0 Å². The SMILES string of the molecule is CCc1cc(N2CCC(NC(=O)c3cccnc3)CC2)ncn1. The van der Waals surface area contributed by atoms with E-state index in [0.29, 0.717) is 5.56 Å². The summed E-state index contributed by atoms with van der Waals surface area (Å²) in [7, 11) is 0. The van der Waals surface area contributed by atoms with Gasteiger partial charge in [0.2, 0.25) is 0 Å². The molecule has 3 heterocycles. The number of nitrogens with one attached hydrogen (secondary N) is 1. The Kier molecular flexibility index (Phi) is 4.80. The van der Waals surface area contributed by atoms with Gasteiger partial charge in [0.1, 0.15) is 12.1 Å². The molecule has 0 spiro atoms. The molecule has 1 aliphatic heterocycles. The van der Waals surface area contributed by atoms with Gasteiger partial charge in [0.15, 0.2) is 0 Å². The first-order valence-corrected chi connectivity index (χ1v) is 8.03. The van der Waals surface area contributed by atoms with Gasteiger partial charge < -0.3 is 10.2 Å². The number of rotatable bonds is 4. The Balaban J connectivity index is 1.55. The summed E-state index contributed by atoms with van der Waals surface area (Å²) < 4.78 is 0. The van der Waals surface area contributed by atoms with Crippen LogP contribution in [-0.2, 0) is 6.42 Å². The molecule has 0 atom stereocenters. The molecule has 3 rings (SSSR count). The molecule has 1 N–H and O–H groups in total. The molecular formula is C17H21N5O. The molecule has 0 aliphatic carbocycles. The number of aromatic nitrogens is 3. The third kappa shape index (κ3) is 3.83. The van der Waals surface area contributed by atoms with Crippen molar-refractivity contribution in [3.63, 3.8) is 0 Å². The summed E-state index contributed by atoms with van der Waals surface area (Å²) in [5.74, 6) is 0.931. The van der Waals surface area contributed by atoms with Crippen molar-refractivity contribution in [2.24, 2.45) is 0 Å². The molecule has 1 saturated heterocycles. The highest BCUT2D eigenvalue weighted by atomic mass is 16.1. The fourth-order valence-corrected chi connectivity index (χ4v) is 2.77. The molecule has 2 aromatic heterocycles. The van der Waals surface area contributed by atoms with Crippen molar-refractivity contribution in [2.45, 2.75) is 32.2 Å². The quantitative estimate of drug-likeness (QED) is 0.933. The molecule has 23 heavy (non-hydrogen) atoms. The van der Waals surface area contributed by atoms with Crippen molar-refractivity contribution in [3.8, 4) is 0 Å². The standard InChI is InChI=1S/C17H21N5O/c1-2-14-10-16(20-12-19-14)22-8-5-15(6-9-22)21-17(23)13-4-3-7-18-11-13/h3-4,7,10-12,15H,2,5-6,8-9H2,1H3,(H,21,23). The summed E-state index contributed by atoms with van der Waals surface area (Å²) in [5, 5.41) is 3.09. The van der Waals surface area contributed by atoms with Gasteiger partial charge in [-0.05, 0) is 31.4 Å². The van der Waals surface area contributed by atoms with Gasteiger partial charge in [0, 0.05) is 43.3 Å². The summed E-state index contributed by atoms with van der Waals surface area (Å²) in [5.41, 5.74) is 1.67. The van der Waals surface area contributed by atoms with Crippen LogP contribution < -0.4 is 10.2 Å². The first-order chi connectivity index (χ1) is 11.3. The average molecular weight is 311 g/mol. The lowest BCUT2D eigenvalue weighted by Gasteiger charge is -2.33. The monoisotopic (exact) mass is 311 g/mol. The fourth-order valence-electron chi connectivity index (χ4n) is 2.77. The second-order valence-electron chi connectivity index (χ2n) is 5.70. The molecule has 0 saturated carbocycles. The van der Waals surface area contributed by atoms with Gasteiger partial charge in [-0.25, -0.2) is 9.97 Å². The Hall–Kier alpha value is -2.50. The second kappa shape index (κ2) is 7.17. The summed E-state index contributed by atoms with van der Waals surface area (Å²) in [6, 6.07) is 5.81. The van der Waals surface area contributed by atoms with Gasteiger partial charge in [-0.3, -0.25) is 9.78 Å². The van der Waals surface area contributed by atoms with Crippen LogP contribution in [0.2, 0.25) is 0 Å². The number of aryl methyl sites for hydroxylation is 1. The van der Waals surface area contributed by atoms with E-state index in [0.717, 1.165) is 43.9 Å². The van der Waals surface area contributed by atoms with E-state index in [1.165, 1.54) is 0 Å². The van der Waals surface area contributed by atoms with Crippen molar-refractivity contribution in [1.82, 2.24) is 20.3 Å². The summed E-state index contributed by atoms with van der Waals surface area (Å²) >= 11 is 0. The lowest BCUT2D eigenvalue weighted by Crippen LogP contribution is -2.45. The molecule has 120 valence electrons. The van der Waals surface area contributed by atoms with Crippen LogP contribution >= 0.6 is 0 Å². The number of hydrogen-bond acceptors (Lipinski definition) is 5. The van der Waals surface area contributed by atoms with Crippen LogP contribution in [0.1, 0.15) is 35.8 Å². The maximum Gasteiger partial charge on any atom is 0.253 e. The van der Waals surface area contributed by atoms with E-state index in [1.807, 2.05) is 0 Å². The van der Waals surface area contributed by atoms with Crippen LogP contribution in [0.15, 0.2) is 36.9 Å². The molecule has 6 nitrogen and oxygen atoms in total. The van der Waals surface area contributed by atoms with E-state index in [-0.39, 0.29) is 11.9 Å². The lowest BCUT2D eigenvalue weighted by molar-refractivity contribution is 0.0930. The van der Waals surface area contributed by atoms with Crippen LogP contribution in [0.3, 0.4) is 0 Å². The Morgan fingerprint density at radius 1 is 1.35 bits per heavy atom. The molecule has 0 unspecified atom stereocenters. The average Bonchev–Trinajstić information content (AvgIpc) is 2.63.